The number of halogens is 5. The molecule has 0 saturated heterocycles. The lowest BCUT2D eigenvalue weighted by Gasteiger charge is -2.44. The van der Waals surface area contributed by atoms with E-state index in [1.54, 1.807) is 26.0 Å². The Kier molecular flexibility index (Phi) is 7.52. The van der Waals surface area contributed by atoms with Crippen LogP contribution in [0.1, 0.15) is 43.8 Å². The number of alkyl halides is 3. The minimum atomic E-state index is -4.70. The number of carboxylic acids is 1. The van der Waals surface area contributed by atoms with Crippen LogP contribution in [0.25, 0.3) is 21.6 Å². The lowest BCUT2D eigenvalue weighted by Crippen LogP contribution is -2.44. The Morgan fingerprint density at radius 3 is 2.52 bits per heavy atom. The molecule has 1 aliphatic carbocycles. The summed E-state index contributed by atoms with van der Waals surface area (Å²) in [5.41, 5.74) is -2.45. The van der Waals surface area contributed by atoms with Crippen molar-refractivity contribution in [1.82, 2.24) is 15.0 Å². The van der Waals surface area contributed by atoms with Gasteiger partial charge in [0, 0.05) is 23.6 Å². The van der Waals surface area contributed by atoms with E-state index in [4.69, 9.17) is 0 Å². The van der Waals surface area contributed by atoms with Gasteiger partial charge in [-0.05, 0) is 66.1 Å². The summed E-state index contributed by atoms with van der Waals surface area (Å²) in [7, 11) is 0. The van der Waals surface area contributed by atoms with Crippen molar-refractivity contribution in [3.63, 3.8) is 0 Å². The normalized spacial score (nSPS) is 20.3. The quantitative estimate of drug-likeness (QED) is 0.197. The van der Waals surface area contributed by atoms with Gasteiger partial charge in [0.25, 0.3) is 0 Å². The maximum Gasteiger partial charge on any atom is 0.433 e. The first-order valence-corrected chi connectivity index (χ1v) is 13.7. The average molecular weight is 605 g/mol. The highest BCUT2D eigenvalue weighted by Crippen LogP contribution is 2.51. The van der Waals surface area contributed by atoms with Gasteiger partial charge in [0.15, 0.2) is 11.6 Å². The summed E-state index contributed by atoms with van der Waals surface area (Å²) in [6.45, 7) is 3.57. The second kappa shape index (κ2) is 10.7. The number of aliphatic hydroxyl groups is 1. The second-order valence-electron chi connectivity index (χ2n) is 10.9. The molecule has 2 atom stereocenters. The van der Waals surface area contributed by atoms with Crippen molar-refractivity contribution in [3.8, 4) is 21.6 Å². The Hall–Kier alpha value is -3.97. The monoisotopic (exact) mass is 604 g/mol. The largest absolute Gasteiger partial charge is 0.481 e. The van der Waals surface area contributed by atoms with Crippen molar-refractivity contribution in [2.45, 2.75) is 44.9 Å². The molecule has 2 aromatic carbocycles. The van der Waals surface area contributed by atoms with E-state index < -0.39 is 46.4 Å². The van der Waals surface area contributed by atoms with E-state index in [1.165, 1.54) is 24.4 Å². The Morgan fingerprint density at radius 1 is 1.10 bits per heavy atom. The maximum absolute atomic E-state index is 14.8. The van der Waals surface area contributed by atoms with Gasteiger partial charge in [-0.15, -0.1) is 11.3 Å². The van der Waals surface area contributed by atoms with Crippen LogP contribution in [-0.4, -0.2) is 31.1 Å². The first-order valence-electron chi connectivity index (χ1n) is 12.8. The third-order valence-corrected chi connectivity index (χ3v) is 8.66. The van der Waals surface area contributed by atoms with Crippen molar-refractivity contribution in [2.75, 3.05) is 5.32 Å². The van der Waals surface area contributed by atoms with Crippen molar-refractivity contribution in [1.29, 1.82) is 0 Å². The van der Waals surface area contributed by atoms with Gasteiger partial charge in [-0.25, -0.2) is 23.7 Å². The molecular weight excluding hydrogens is 579 g/mol. The van der Waals surface area contributed by atoms with Gasteiger partial charge in [-0.2, -0.15) is 13.2 Å². The molecule has 220 valence electrons. The molecule has 0 aliphatic heterocycles. The fraction of sp³-hybridized carbons (Fsp3) is 0.310. The number of benzene rings is 2. The fourth-order valence-electron chi connectivity index (χ4n) is 5.43. The molecule has 1 saturated carbocycles. The van der Waals surface area contributed by atoms with Crippen LogP contribution in [0.5, 0.6) is 0 Å². The van der Waals surface area contributed by atoms with Gasteiger partial charge in [0.05, 0.1) is 10.8 Å². The summed E-state index contributed by atoms with van der Waals surface area (Å²) < 4.78 is 68.5. The Bertz CT molecular complexity index is 1660. The van der Waals surface area contributed by atoms with Crippen LogP contribution < -0.4 is 5.32 Å². The van der Waals surface area contributed by atoms with Crippen LogP contribution in [0.4, 0.5) is 33.6 Å². The van der Waals surface area contributed by atoms with Gasteiger partial charge in [0.2, 0.25) is 5.95 Å². The van der Waals surface area contributed by atoms with E-state index in [1.807, 2.05) is 0 Å². The summed E-state index contributed by atoms with van der Waals surface area (Å²) in [6, 6.07) is 8.96. The smallest absolute Gasteiger partial charge is 0.433 e. The van der Waals surface area contributed by atoms with E-state index in [2.05, 4.69) is 20.3 Å². The second-order valence-corrected chi connectivity index (χ2v) is 12.0. The van der Waals surface area contributed by atoms with E-state index in [-0.39, 0.29) is 42.0 Å². The topological polar surface area (TPSA) is 108 Å². The summed E-state index contributed by atoms with van der Waals surface area (Å²) in [6.07, 6.45) is -1.64. The van der Waals surface area contributed by atoms with Crippen molar-refractivity contribution in [2.24, 2.45) is 11.3 Å². The lowest BCUT2D eigenvalue weighted by molar-refractivity contribution is -0.154. The van der Waals surface area contributed by atoms with Crippen molar-refractivity contribution < 1.29 is 37.0 Å². The number of hydrogen-bond donors (Lipinski definition) is 3. The van der Waals surface area contributed by atoms with Crippen LogP contribution >= 0.6 is 11.3 Å². The van der Waals surface area contributed by atoms with E-state index >= 15 is 0 Å². The van der Waals surface area contributed by atoms with Gasteiger partial charge in [0.1, 0.15) is 16.3 Å². The average Bonchev–Trinajstić information content (AvgIpc) is 3.41. The van der Waals surface area contributed by atoms with Crippen LogP contribution in [-0.2, 0) is 16.6 Å². The van der Waals surface area contributed by atoms with Crippen LogP contribution in [0.15, 0.2) is 54.9 Å². The highest BCUT2D eigenvalue weighted by molar-refractivity contribution is 7.15. The van der Waals surface area contributed by atoms with Crippen LogP contribution in [0.2, 0.25) is 0 Å². The predicted molar refractivity (Wildman–Crippen MR) is 146 cm³/mol. The lowest BCUT2D eigenvalue weighted by atomic mass is 9.63. The molecule has 42 heavy (non-hydrogen) atoms. The van der Waals surface area contributed by atoms with E-state index in [0.29, 0.717) is 15.4 Å². The molecule has 0 unspecified atom stereocenters. The van der Waals surface area contributed by atoms with E-state index in [0.717, 1.165) is 29.7 Å². The minimum absolute atomic E-state index is 0.0815. The highest BCUT2D eigenvalue weighted by Gasteiger charge is 2.49. The Labute approximate surface area is 241 Å². The molecular formula is C29H25F5N4O3S. The standard InChI is InChI=1S/C29H25F5N4O3S/c1-27(2)14-28(41,8-6-19(27)24(39)40)25-36-13-21(42-25)16-10-15(18-4-3-5-20(30)23(18)31)11-17(12-16)37-26-35-9-7-22(38-26)29(32,33)34/h3-5,7,9-13,19,41H,6,8,14H2,1-2H3,(H,39,40)(H,35,37,38)/t19-,28-/m0/s1. The number of hydrogen-bond acceptors (Lipinski definition) is 7. The molecule has 5 rings (SSSR count). The number of nitrogens with zero attached hydrogens (tertiary/aromatic N) is 3. The molecule has 13 heteroatoms. The third kappa shape index (κ3) is 5.84. The zero-order valence-electron chi connectivity index (χ0n) is 22.3. The predicted octanol–water partition coefficient (Wildman–Crippen LogP) is 7.41. The molecule has 1 aliphatic rings. The maximum atomic E-state index is 14.8. The Balaban J connectivity index is 1.55. The summed E-state index contributed by atoms with van der Waals surface area (Å²) in [5.74, 6) is -4.08. The highest BCUT2D eigenvalue weighted by atomic mass is 32.1. The van der Waals surface area contributed by atoms with Crippen molar-refractivity contribution in [3.05, 3.63) is 77.2 Å². The molecule has 0 bridgehead atoms. The van der Waals surface area contributed by atoms with Gasteiger partial charge in [-0.3, -0.25) is 4.79 Å². The number of carbonyl (C=O) groups is 1. The minimum Gasteiger partial charge on any atom is -0.481 e. The number of rotatable bonds is 6. The van der Waals surface area contributed by atoms with Gasteiger partial charge < -0.3 is 15.5 Å². The molecule has 4 aromatic rings. The Morgan fingerprint density at radius 2 is 1.83 bits per heavy atom. The van der Waals surface area contributed by atoms with Crippen LogP contribution in [0.3, 0.4) is 0 Å². The SMILES string of the molecule is CC1(C)C[C@](O)(c2ncc(-c3cc(Nc4nccc(C(F)(F)F)n4)cc(-c4cccc(F)c4F)c3)s2)CC[C@H]1C(=O)O. The first kappa shape index (κ1) is 29.5. The third-order valence-electron chi connectivity index (χ3n) is 7.42. The molecule has 0 amide bonds. The number of nitrogens with one attached hydrogen (secondary N) is 1. The van der Waals surface area contributed by atoms with E-state index in [9.17, 15) is 37.0 Å². The number of aromatic nitrogens is 3. The van der Waals surface area contributed by atoms with Gasteiger partial charge in [-0.1, -0.05) is 26.0 Å². The number of anilines is 2. The summed E-state index contributed by atoms with van der Waals surface area (Å²) in [5, 5.41) is 24.2. The molecule has 1 fully saturated rings. The molecule has 0 radical (unpaired) electrons. The fourth-order valence-corrected chi connectivity index (χ4v) is 6.45. The zero-order valence-corrected chi connectivity index (χ0v) is 23.2. The molecule has 2 heterocycles. The number of aliphatic carboxylic acids is 1. The van der Waals surface area contributed by atoms with Crippen molar-refractivity contribution >= 4 is 28.9 Å². The molecule has 7 nitrogen and oxygen atoms in total. The van der Waals surface area contributed by atoms with Crippen LogP contribution in [0, 0.1) is 23.0 Å². The number of thiazole rings is 1. The molecule has 0 spiro atoms. The number of carboxylic acid groups (broad SMARTS) is 1. The molecule has 2 aromatic heterocycles. The first-order chi connectivity index (χ1) is 19.7. The molecule has 3 N–H and O–H groups in total. The van der Waals surface area contributed by atoms with Gasteiger partial charge >= 0.3 is 12.1 Å². The summed E-state index contributed by atoms with van der Waals surface area (Å²) in [4.78, 5) is 24.0. The zero-order chi connectivity index (χ0) is 30.4. The summed E-state index contributed by atoms with van der Waals surface area (Å²) >= 11 is 1.15.